The van der Waals surface area contributed by atoms with Crippen molar-refractivity contribution in [1.82, 2.24) is 9.21 Å². The topological polar surface area (TPSA) is 69.7 Å². The van der Waals surface area contributed by atoms with Crippen molar-refractivity contribution in [2.45, 2.75) is 19.6 Å². The number of aryl methyl sites for hydroxylation is 2. The molecule has 0 bridgehead atoms. The van der Waals surface area contributed by atoms with Gasteiger partial charge >= 0.3 is 0 Å². The highest BCUT2D eigenvalue weighted by molar-refractivity contribution is 7.88. The number of piperazine rings is 1. The van der Waals surface area contributed by atoms with Crippen LogP contribution in [-0.4, -0.2) is 56.3 Å². The smallest absolute Gasteiger partial charge is 0.238 e. The van der Waals surface area contributed by atoms with Crippen molar-refractivity contribution < 1.29 is 13.2 Å². The van der Waals surface area contributed by atoms with E-state index >= 15 is 0 Å². The van der Waals surface area contributed by atoms with Crippen LogP contribution >= 0.6 is 0 Å². The molecule has 1 aliphatic heterocycles. The van der Waals surface area contributed by atoms with E-state index < -0.39 is 10.0 Å². The maximum absolute atomic E-state index is 12.6. The maximum Gasteiger partial charge on any atom is 0.238 e. The average molecular weight is 402 g/mol. The zero-order chi connectivity index (χ0) is 20.1. The SMILES string of the molecule is Cc1cccc(C)c1NC(=O)CN1CCN(S(=O)(=O)Cc2ccccc2)CC1. The molecule has 1 saturated heterocycles. The Morgan fingerprint density at radius 2 is 1.54 bits per heavy atom. The molecular formula is C21H27N3O3S. The first kappa shape index (κ1) is 20.5. The van der Waals surface area contributed by atoms with Gasteiger partial charge in [-0.05, 0) is 30.5 Å². The van der Waals surface area contributed by atoms with Gasteiger partial charge in [0.1, 0.15) is 0 Å². The number of rotatable bonds is 6. The third-order valence-electron chi connectivity index (χ3n) is 5.03. The highest BCUT2D eigenvalue weighted by Crippen LogP contribution is 2.19. The summed E-state index contributed by atoms with van der Waals surface area (Å²) in [6.45, 7) is 6.12. The Bertz CT molecular complexity index is 901. The molecular weight excluding hydrogens is 374 g/mol. The Hall–Kier alpha value is -2.22. The largest absolute Gasteiger partial charge is 0.324 e. The standard InChI is InChI=1S/C21H27N3O3S/c1-17-7-6-8-18(2)21(17)22-20(25)15-23-11-13-24(14-12-23)28(26,27)16-19-9-4-3-5-10-19/h3-10H,11-16H2,1-2H3,(H,22,25). The third kappa shape index (κ3) is 5.19. The number of nitrogens with zero attached hydrogens (tertiary/aromatic N) is 2. The van der Waals surface area contributed by atoms with E-state index in [1.165, 1.54) is 4.31 Å². The molecule has 0 unspecified atom stereocenters. The number of carbonyl (C=O) groups is 1. The van der Waals surface area contributed by atoms with Gasteiger partial charge in [-0.3, -0.25) is 9.69 Å². The van der Waals surface area contributed by atoms with Gasteiger partial charge in [-0.15, -0.1) is 0 Å². The number of benzene rings is 2. The molecule has 6 nitrogen and oxygen atoms in total. The average Bonchev–Trinajstić information content (AvgIpc) is 2.66. The van der Waals surface area contributed by atoms with Crippen molar-refractivity contribution in [3.63, 3.8) is 0 Å². The van der Waals surface area contributed by atoms with Crippen LogP contribution in [-0.2, 0) is 20.6 Å². The number of carbonyl (C=O) groups excluding carboxylic acids is 1. The van der Waals surface area contributed by atoms with Crippen molar-refractivity contribution >= 4 is 21.6 Å². The van der Waals surface area contributed by atoms with Crippen molar-refractivity contribution in [3.8, 4) is 0 Å². The molecule has 0 aromatic heterocycles. The van der Waals surface area contributed by atoms with Gasteiger partial charge in [0.25, 0.3) is 0 Å². The number of hydrogen-bond donors (Lipinski definition) is 1. The Morgan fingerprint density at radius 1 is 0.929 bits per heavy atom. The van der Waals surface area contributed by atoms with Gasteiger partial charge < -0.3 is 5.32 Å². The van der Waals surface area contributed by atoms with Crippen LogP contribution in [0.2, 0.25) is 0 Å². The molecule has 0 atom stereocenters. The fourth-order valence-corrected chi connectivity index (χ4v) is 4.95. The van der Waals surface area contributed by atoms with Crippen LogP contribution in [0.4, 0.5) is 5.69 Å². The highest BCUT2D eigenvalue weighted by Gasteiger charge is 2.27. The third-order valence-corrected chi connectivity index (χ3v) is 6.88. The first-order valence-electron chi connectivity index (χ1n) is 9.45. The number of hydrogen-bond acceptors (Lipinski definition) is 4. The van der Waals surface area contributed by atoms with E-state index in [0.717, 1.165) is 22.4 Å². The van der Waals surface area contributed by atoms with Crippen LogP contribution in [0.5, 0.6) is 0 Å². The zero-order valence-electron chi connectivity index (χ0n) is 16.4. The first-order valence-corrected chi connectivity index (χ1v) is 11.1. The summed E-state index contributed by atoms with van der Waals surface area (Å²) >= 11 is 0. The monoisotopic (exact) mass is 401 g/mol. The number of sulfonamides is 1. The summed E-state index contributed by atoms with van der Waals surface area (Å²) in [5, 5.41) is 2.99. The molecule has 1 fully saturated rings. The van der Waals surface area contributed by atoms with E-state index in [9.17, 15) is 13.2 Å². The predicted octanol–water partition coefficient (Wildman–Crippen LogP) is 2.39. The number of anilines is 1. The van der Waals surface area contributed by atoms with E-state index in [1.807, 2.05) is 67.3 Å². The summed E-state index contributed by atoms with van der Waals surface area (Å²) in [4.78, 5) is 14.4. The molecule has 150 valence electrons. The fraction of sp³-hybridized carbons (Fsp3) is 0.381. The van der Waals surface area contributed by atoms with Crippen LogP contribution in [0.15, 0.2) is 48.5 Å². The van der Waals surface area contributed by atoms with Crippen LogP contribution < -0.4 is 5.32 Å². The molecule has 1 amide bonds. The Morgan fingerprint density at radius 3 is 2.14 bits per heavy atom. The van der Waals surface area contributed by atoms with Crippen molar-refractivity contribution in [3.05, 3.63) is 65.2 Å². The summed E-state index contributed by atoms with van der Waals surface area (Å²) < 4.78 is 26.8. The quantitative estimate of drug-likeness (QED) is 0.807. The normalized spacial score (nSPS) is 16.1. The van der Waals surface area contributed by atoms with Crippen molar-refractivity contribution in [2.75, 3.05) is 38.0 Å². The second-order valence-corrected chi connectivity index (χ2v) is 9.20. The Kier molecular flexibility index (Phi) is 6.49. The Labute approximate surface area is 167 Å². The van der Waals surface area contributed by atoms with Gasteiger partial charge in [-0.1, -0.05) is 48.5 Å². The van der Waals surface area contributed by atoms with E-state index in [-0.39, 0.29) is 18.2 Å². The minimum absolute atomic E-state index is 0.0148. The van der Waals surface area contributed by atoms with Gasteiger partial charge in [0.2, 0.25) is 15.9 Å². The second kappa shape index (κ2) is 8.86. The molecule has 7 heteroatoms. The summed E-state index contributed by atoms with van der Waals surface area (Å²) in [6, 6.07) is 15.1. The van der Waals surface area contributed by atoms with E-state index in [2.05, 4.69) is 5.32 Å². The lowest BCUT2D eigenvalue weighted by Crippen LogP contribution is -2.50. The van der Waals surface area contributed by atoms with Crippen molar-refractivity contribution in [1.29, 1.82) is 0 Å². The summed E-state index contributed by atoms with van der Waals surface area (Å²) in [6.07, 6.45) is 0. The van der Waals surface area contributed by atoms with Gasteiger partial charge in [0.15, 0.2) is 0 Å². The molecule has 0 aliphatic carbocycles. The van der Waals surface area contributed by atoms with Gasteiger partial charge in [0.05, 0.1) is 12.3 Å². The highest BCUT2D eigenvalue weighted by atomic mass is 32.2. The predicted molar refractivity (Wildman–Crippen MR) is 112 cm³/mol. The fourth-order valence-electron chi connectivity index (χ4n) is 3.44. The van der Waals surface area contributed by atoms with Gasteiger partial charge in [-0.2, -0.15) is 4.31 Å². The number of para-hydroxylation sites is 1. The molecule has 0 radical (unpaired) electrons. The van der Waals surface area contributed by atoms with E-state index in [4.69, 9.17) is 0 Å². The minimum atomic E-state index is -3.34. The summed E-state index contributed by atoms with van der Waals surface area (Å²) in [5.41, 5.74) is 3.71. The molecule has 1 heterocycles. The number of nitrogens with one attached hydrogen (secondary N) is 1. The lowest BCUT2D eigenvalue weighted by Gasteiger charge is -2.33. The number of amides is 1. The molecule has 2 aromatic rings. The first-order chi connectivity index (χ1) is 13.3. The molecule has 0 saturated carbocycles. The molecule has 1 N–H and O–H groups in total. The second-order valence-electron chi connectivity index (χ2n) is 7.23. The van der Waals surface area contributed by atoms with Gasteiger partial charge in [-0.25, -0.2) is 8.42 Å². The summed E-state index contributed by atoms with van der Waals surface area (Å²) in [7, 11) is -3.34. The molecule has 0 spiro atoms. The minimum Gasteiger partial charge on any atom is -0.324 e. The van der Waals surface area contributed by atoms with E-state index in [0.29, 0.717) is 26.2 Å². The summed E-state index contributed by atoms with van der Waals surface area (Å²) in [5.74, 6) is -0.0565. The maximum atomic E-state index is 12.6. The lowest BCUT2D eigenvalue weighted by molar-refractivity contribution is -0.117. The molecule has 28 heavy (non-hydrogen) atoms. The van der Waals surface area contributed by atoms with Crippen LogP contribution in [0, 0.1) is 13.8 Å². The van der Waals surface area contributed by atoms with Crippen LogP contribution in [0.1, 0.15) is 16.7 Å². The molecule has 2 aromatic carbocycles. The van der Waals surface area contributed by atoms with Gasteiger partial charge in [0, 0.05) is 31.9 Å². The van der Waals surface area contributed by atoms with E-state index in [1.54, 1.807) is 0 Å². The zero-order valence-corrected chi connectivity index (χ0v) is 17.2. The lowest BCUT2D eigenvalue weighted by atomic mass is 10.1. The van der Waals surface area contributed by atoms with Crippen molar-refractivity contribution in [2.24, 2.45) is 0 Å². The van der Waals surface area contributed by atoms with Crippen LogP contribution in [0.3, 0.4) is 0 Å². The molecule has 1 aliphatic rings. The Balaban J connectivity index is 1.52. The molecule has 3 rings (SSSR count). The van der Waals surface area contributed by atoms with Crippen LogP contribution in [0.25, 0.3) is 0 Å².